The molecule has 0 spiro atoms. The smallest absolute Gasteiger partial charge is 0.251 e. The van der Waals surface area contributed by atoms with Gasteiger partial charge in [0.05, 0.1) is 10.4 Å². The summed E-state index contributed by atoms with van der Waals surface area (Å²) in [4.78, 5) is 13.3. The zero-order valence-electron chi connectivity index (χ0n) is 11.4. The first kappa shape index (κ1) is 14.2. The van der Waals surface area contributed by atoms with Gasteiger partial charge in [-0.2, -0.15) is 0 Å². The molecule has 1 aliphatic rings. The third-order valence-corrected chi connectivity index (χ3v) is 4.59. The molecule has 1 atom stereocenters. The maximum atomic E-state index is 12.3. The summed E-state index contributed by atoms with van der Waals surface area (Å²) in [6.45, 7) is 2.97. The molecule has 1 aromatic carbocycles. The van der Waals surface area contributed by atoms with Gasteiger partial charge in [0.25, 0.3) is 5.91 Å². The third-order valence-electron chi connectivity index (χ3n) is 3.17. The van der Waals surface area contributed by atoms with Crippen molar-refractivity contribution in [2.45, 2.75) is 13.0 Å². The van der Waals surface area contributed by atoms with Crippen molar-refractivity contribution in [2.75, 3.05) is 13.2 Å². The predicted molar refractivity (Wildman–Crippen MR) is 82.6 cm³/mol. The zero-order valence-corrected chi connectivity index (χ0v) is 13.0. The molecule has 0 bridgehead atoms. The Kier molecular flexibility index (Phi) is 4.03. The number of hydrogen-bond donors (Lipinski definition) is 1. The van der Waals surface area contributed by atoms with Crippen LogP contribution in [0.5, 0.6) is 11.5 Å². The lowest BCUT2D eigenvalue weighted by Gasteiger charge is -2.19. The van der Waals surface area contributed by atoms with Crippen molar-refractivity contribution in [1.29, 1.82) is 0 Å². The van der Waals surface area contributed by atoms with Crippen molar-refractivity contribution in [3.8, 4) is 11.5 Å². The molecule has 0 unspecified atom stereocenters. The Morgan fingerprint density at radius 1 is 1.24 bits per heavy atom. The van der Waals surface area contributed by atoms with Gasteiger partial charge in [0.2, 0.25) is 0 Å². The Morgan fingerprint density at radius 2 is 2.00 bits per heavy atom. The highest BCUT2D eigenvalue weighted by atomic mass is 35.5. The molecule has 6 heteroatoms. The number of fused-ring (bicyclic) bond motifs is 1. The second kappa shape index (κ2) is 5.95. The number of ether oxygens (including phenoxy) is 2. The average molecular weight is 324 g/mol. The Labute approximate surface area is 131 Å². The average Bonchev–Trinajstić information content (AvgIpc) is 2.93. The van der Waals surface area contributed by atoms with E-state index in [-0.39, 0.29) is 11.9 Å². The minimum absolute atomic E-state index is 0.0943. The van der Waals surface area contributed by atoms with Crippen molar-refractivity contribution in [3.05, 3.63) is 45.1 Å². The van der Waals surface area contributed by atoms with Gasteiger partial charge >= 0.3 is 0 Å². The maximum Gasteiger partial charge on any atom is 0.251 e. The summed E-state index contributed by atoms with van der Waals surface area (Å²) in [5.74, 6) is 1.14. The first-order valence-corrected chi connectivity index (χ1v) is 7.78. The number of nitrogens with one attached hydrogen (secondary N) is 1. The quantitative estimate of drug-likeness (QED) is 0.937. The van der Waals surface area contributed by atoms with Crippen LogP contribution in [0.15, 0.2) is 30.3 Å². The van der Waals surface area contributed by atoms with Gasteiger partial charge in [-0.25, -0.2) is 0 Å². The fourth-order valence-electron chi connectivity index (χ4n) is 2.10. The van der Waals surface area contributed by atoms with Crippen LogP contribution in [0.4, 0.5) is 0 Å². The van der Waals surface area contributed by atoms with Crippen LogP contribution in [-0.4, -0.2) is 19.1 Å². The van der Waals surface area contributed by atoms with Gasteiger partial charge in [0, 0.05) is 10.4 Å². The summed E-state index contributed by atoms with van der Waals surface area (Å²) in [6.07, 6.45) is 0. The summed E-state index contributed by atoms with van der Waals surface area (Å²) in [5, 5.41) is 2.95. The second-order valence-corrected chi connectivity index (χ2v) is 6.44. The third kappa shape index (κ3) is 3.14. The number of thiophene rings is 1. The van der Waals surface area contributed by atoms with Gasteiger partial charge in [-0.3, -0.25) is 4.79 Å². The number of carbonyl (C=O) groups is 1. The van der Waals surface area contributed by atoms with Crippen LogP contribution in [0.25, 0.3) is 0 Å². The number of benzene rings is 1. The molecule has 3 rings (SSSR count). The van der Waals surface area contributed by atoms with Crippen LogP contribution in [0.3, 0.4) is 0 Å². The molecule has 1 amide bonds. The zero-order chi connectivity index (χ0) is 14.8. The largest absolute Gasteiger partial charge is 0.486 e. The summed E-state index contributed by atoms with van der Waals surface area (Å²) >= 11 is 7.37. The van der Waals surface area contributed by atoms with E-state index in [1.165, 1.54) is 11.3 Å². The van der Waals surface area contributed by atoms with E-state index in [1.807, 2.05) is 19.1 Å². The van der Waals surface area contributed by atoms with Crippen LogP contribution in [-0.2, 0) is 0 Å². The fraction of sp³-hybridized carbons (Fsp3) is 0.267. The van der Waals surface area contributed by atoms with Crippen LogP contribution < -0.4 is 14.8 Å². The van der Waals surface area contributed by atoms with Gasteiger partial charge < -0.3 is 14.8 Å². The maximum absolute atomic E-state index is 12.3. The van der Waals surface area contributed by atoms with Crippen molar-refractivity contribution in [2.24, 2.45) is 0 Å². The monoisotopic (exact) mass is 323 g/mol. The molecular formula is C15H14ClNO3S. The van der Waals surface area contributed by atoms with Gasteiger partial charge in [-0.05, 0) is 37.3 Å². The Morgan fingerprint density at radius 3 is 2.71 bits per heavy atom. The Hall–Kier alpha value is -1.72. The van der Waals surface area contributed by atoms with Crippen LogP contribution >= 0.6 is 22.9 Å². The molecule has 21 heavy (non-hydrogen) atoms. The molecule has 0 aliphatic carbocycles. The minimum atomic E-state index is -0.149. The van der Waals surface area contributed by atoms with Gasteiger partial charge in [-0.1, -0.05) is 11.6 Å². The highest BCUT2D eigenvalue weighted by Crippen LogP contribution is 2.31. The van der Waals surface area contributed by atoms with E-state index in [4.69, 9.17) is 21.1 Å². The Balaban J connectivity index is 1.73. The molecule has 1 aliphatic heterocycles. The van der Waals surface area contributed by atoms with Crippen LogP contribution in [0.2, 0.25) is 4.34 Å². The van der Waals surface area contributed by atoms with Crippen LogP contribution in [0.1, 0.15) is 28.2 Å². The highest BCUT2D eigenvalue weighted by molar-refractivity contribution is 7.16. The second-order valence-electron chi connectivity index (χ2n) is 4.70. The summed E-state index contributed by atoms with van der Waals surface area (Å²) in [5.41, 5.74) is 0.550. The van der Waals surface area contributed by atoms with E-state index in [0.717, 1.165) is 4.88 Å². The fourth-order valence-corrected chi connectivity index (χ4v) is 3.16. The lowest BCUT2D eigenvalue weighted by atomic mass is 10.1. The van der Waals surface area contributed by atoms with Crippen molar-refractivity contribution >= 4 is 28.8 Å². The molecule has 110 valence electrons. The molecule has 1 N–H and O–H groups in total. The topological polar surface area (TPSA) is 47.6 Å². The summed E-state index contributed by atoms with van der Waals surface area (Å²) < 4.78 is 11.6. The van der Waals surface area contributed by atoms with E-state index in [9.17, 15) is 4.79 Å². The molecule has 0 saturated heterocycles. The van der Waals surface area contributed by atoms with Gasteiger partial charge in [-0.15, -0.1) is 11.3 Å². The number of halogens is 1. The first-order chi connectivity index (χ1) is 10.1. The molecule has 2 heterocycles. The molecule has 4 nitrogen and oxygen atoms in total. The normalized spacial score (nSPS) is 14.6. The number of amides is 1. The minimum Gasteiger partial charge on any atom is -0.486 e. The molecular weight excluding hydrogens is 310 g/mol. The van der Waals surface area contributed by atoms with E-state index < -0.39 is 0 Å². The molecule has 0 fully saturated rings. The highest BCUT2D eigenvalue weighted by Gasteiger charge is 2.17. The molecule has 0 saturated carbocycles. The molecule has 2 aromatic rings. The summed E-state index contributed by atoms with van der Waals surface area (Å²) in [7, 11) is 0. The number of carbonyl (C=O) groups excluding carboxylic acids is 1. The molecule has 0 radical (unpaired) electrons. The standard InChI is InChI=1S/C15H14ClNO3S/c1-9(13-4-5-14(16)21-13)17-15(18)10-2-3-11-12(8-10)20-7-6-19-11/h2-5,8-9H,6-7H2,1H3,(H,17,18)/t9-/m1/s1. The lowest BCUT2D eigenvalue weighted by molar-refractivity contribution is 0.0939. The van der Waals surface area contributed by atoms with Gasteiger partial charge in [0.1, 0.15) is 13.2 Å². The number of rotatable bonds is 3. The van der Waals surface area contributed by atoms with Crippen molar-refractivity contribution in [3.63, 3.8) is 0 Å². The predicted octanol–water partition coefficient (Wildman–Crippen LogP) is 3.66. The van der Waals surface area contributed by atoms with E-state index in [2.05, 4.69) is 5.32 Å². The number of hydrogen-bond acceptors (Lipinski definition) is 4. The van der Waals surface area contributed by atoms with Crippen molar-refractivity contribution < 1.29 is 14.3 Å². The first-order valence-electron chi connectivity index (χ1n) is 6.59. The molecule has 1 aromatic heterocycles. The van der Waals surface area contributed by atoms with Crippen LogP contribution in [0, 0.1) is 0 Å². The van der Waals surface area contributed by atoms with E-state index >= 15 is 0 Å². The van der Waals surface area contributed by atoms with E-state index in [0.29, 0.717) is 34.6 Å². The SMILES string of the molecule is C[C@@H](NC(=O)c1ccc2c(c1)OCCO2)c1ccc(Cl)s1. The van der Waals surface area contributed by atoms with Crippen molar-refractivity contribution in [1.82, 2.24) is 5.32 Å². The van der Waals surface area contributed by atoms with Gasteiger partial charge in [0.15, 0.2) is 11.5 Å². The Bertz CT molecular complexity index is 671. The summed E-state index contributed by atoms with van der Waals surface area (Å²) in [6, 6.07) is 8.85. The lowest BCUT2D eigenvalue weighted by Crippen LogP contribution is -2.26. The van der Waals surface area contributed by atoms with E-state index in [1.54, 1.807) is 18.2 Å².